The fourth-order valence-electron chi connectivity index (χ4n) is 1.29. The quantitative estimate of drug-likeness (QED) is 0.804. The van der Waals surface area contributed by atoms with Crippen LogP contribution in [0.2, 0.25) is 0 Å². The lowest BCUT2D eigenvalue weighted by Crippen LogP contribution is -2.42. The number of esters is 1. The van der Waals surface area contributed by atoms with Gasteiger partial charge in [0.25, 0.3) is 5.91 Å². The molecule has 0 saturated heterocycles. The maximum absolute atomic E-state index is 11.8. The van der Waals surface area contributed by atoms with Crippen LogP contribution < -0.4 is 5.32 Å². The van der Waals surface area contributed by atoms with Gasteiger partial charge in [-0.3, -0.25) is 4.79 Å². The van der Waals surface area contributed by atoms with Crippen molar-refractivity contribution < 1.29 is 19.4 Å². The van der Waals surface area contributed by atoms with E-state index in [0.717, 1.165) is 0 Å². The van der Waals surface area contributed by atoms with Crippen LogP contribution in [0.15, 0.2) is 18.3 Å². The van der Waals surface area contributed by atoms with E-state index in [0.29, 0.717) is 0 Å². The summed E-state index contributed by atoms with van der Waals surface area (Å²) in [5.74, 6) is -1.41. The topological polar surface area (TPSA) is 88.5 Å². The van der Waals surface area contributed by atoms with Crippen molar-refractivity contribution >= 4 is 11.9 Å². The number of amides is 1. The first-order chi connectivity index (χ1) is 8.70. The Balaban J connectivity index is 2.67. The van der Waals surface area contributed by atoms with Crippen LogP contribution in [0.3, 0.4) is 0 Å². The molecule has 1 amide bonds. The summed E-state index contributed by atoms with van der Waals surface area (Å²) >= 11 is 0. The van der Waals surface area contributed by atoms with Crippen LogP contribution in [0.4, 0.5) is 0 Å². The summed E-state index contributed by atoms with van der Waals surface area (Å²) in [6.45, 7) is 6.73. The highest BCUT2D eigenvalue weighted by Gasteiger charge is 2.24. The molecule has 0 fully saturated rings. The summed E-state index contributed by atoms with van der Waals surface area (Å²) in [5.41, 5.74) is -0.749. The molecule has 0 aliphatic carbocycles. The Kier molecular flexibility index (Phi) is 4.47. The number of nitrogens with zero attached hydrogens (tertiary/aromatic N) is 1. The molecule has 1 aromatic heterocycles. The van der Waals surface area contributed by atoms with Crippen LogP contribution in [0.25, 0.3) is 0 Å². The number of carbonyl (C=O) groups excluding carboxylic acids is 2. The number of ether oxygens (including phenoxy) is 1. The van der Waals surface area contributed by atoms with E-state index in [1.165, 1.54) is 25.3 Å². The first-order valence-electron chi connectivity index (χ1n) is 5.88. The van der Waals surface area contributed by atoms with Gasteiger partial charge in [0.05, 0.1) is 0 Å². The van der Waals surface area contributed by atoms with Gasteiger partial charge in [-0.1, -0.05) is 0 Å². The molecule has 19 heavy (non-hydrogen) atoms. The molecule has 0 radical (unpaired) electrons. The number of hydrogen-bond acceptors (Lipinski definition) is 5. The van der Waals surface area contributed by atoms with Gasteiger partial charge in [-0.05, 0) is 39.8 Å². The number of aromatic nitrogens is 1. The molecule has 6 nitrogen and oxygen atoms in total. The lowest BCUT2D eigenvalue weighted by Gasteiger charge is -2.22. The predicted octanol–water partition coefficient (Wildman–Crippen LogP) is 1.25. The molecular weight excluding hydrogens is 248 g/mol. The van der Waals surface area contributed by atoms with Crippen LogP contribution in [-0.2, 0) is 9.53 Å². The first kappa shape index (κ1) is 14.9. The number of pyridine rings is 1. The molecule has 0 aliphatic heterocycles. The van der Waals surface area contributed by atoms with Crippen molar-refractivity contribution in [1.29, 1.82) is 0 Å². The van der Waals surface area contributed by atoms with Crippen molar-refractivity contribution in [2.75, 3.05) is 0 Å². The zero-order chi connectivity index (χ0) is 14.6. The molecule has 0 spiro atoms. The van der Waals surface area contributed by atoms with Crippen LogP contribution in [-0.4, -0.2) is 33.6 Å². The molecular formula is C13H18N2O4. The summed E-state index contributed by atoms with van der Waals surface area (Å²) in [5, 5.41) is 11.9. The second-order valence-electron chi connectivity index (χ2n) is 5.10. The van der Waals surface area contributed by atoms with Gasteiger partial charge < -0.3 is 15.2 Å². The SMILES string of the molecule is C[C@@H](NC(=O)c1ncccc1O)C(=O)OC(C)(C)C. The van der Waals surface area contributed by atoms with E-state index in [9.17, 15) is 14.7 Å². The number of aromatic hydroxyl groups is 1. The minimum Gasteiger partial charge on any atom is -0.505 e. The Bertz CT molecular complexity index is 480. The van der Waals surface area contributed by atoms with Gasteiger partial charge in [0, 0.05) is 6.20 Å². The minimum absolute atomic E-state index is 0.127. The lowest BCUT2D eigenvalue weighted by molar-refractivity contribution is -0.156. The molecule has 0 bridgehead atoms. The van der Waals surface area contributed by atoms with Gasteiger partial charge in [-0.15, -0.1) is 0 Å². The summed E-state index contributed by atoms with van der Waals surface area (Å²) in [4.78, 5) is 27.2. The van der Waals surface area contributed by atoms with E-state index in [1.807, 2.05) is 0 Å². The van der Waals surface area contributed by atoms with Crippen LogP contribution in [0.5, 0.6) is 5.75 Å². The Morgan fingerprint density at radius 1 is 1.42 bits per heavy atom. The smallest absolute Gasteiger partial charge is 0.328 e. The summed E-state index contributed by atoms with van der Waals surface area (Å²) in [7, 11) is 0. The molecule has 1 atom stereocenters. The second kappa shape index (κ2) is 5.69. The Labute approximate surface area is 111 Å². The molecule has 104 valence electrons. The van der Waals surface area contributed by atoms with E-state index >= 15 is 0 Å². The van der Waals surface area contributed by atoms with Crippen LogP contribution >= 0.6 is 0 Å². The van der Waals surface area contributed by atoms with Crippen molar-refractivity contribution in [3.05, 3.63) is 24.0 Å². The third-order valence-corrected chi connectivity index (χ3v) is 2.11. The van der Waals surface area contributed by atoms with Crippen LogP contribution in [0, 0.1) is 0 Å². The van der Waals surface area contributed by atoms with Crippen molar-refractivity contribution in [1.82, 2.24) is 10.3 Å². The molecule has 0 aliphatic rings. The third-order valence-electron chi connectivity index (χ3n) is 2.11. The van der Waals surface area contributed by atoms with E-state index < -0.39 is 23.5 Å². The highest BCUT2D eigenvalue weighted by molar-refractivity contribution is 5.97. The van der Waals surface area contributed by atoms with Gasteiger partial charge in [0.15, 0.2) is 5.69 Å². The third kappa shape index (κ3) is 4.57. The van der Waals surface area contributed by atoms with Crippen molar-refractivity contribution in [2.45, 2.75) is 39.3 Å². The molecule has 0 saturated carbocycles. The lowest BCUT2D eigenvalue weighted by atomic mass is 10.2. The number of carbonyl (C=O) groups is 2. The van der Waals surface area contributed by atoms with E-state index in [2.05, 4.69) is 10.3 Å². The zero-order valence-corrected chi connectivity index (χ0v) is 11.4. The summed E-state index contributed by atoms with van der Waals surface area (Å²) in [6, 6.07) is 2.02. The fraction of sp³-hybridized carbons (Fsp3) is 0.462. The van der Waals surface area contributed by atoms with E-state index in [1.54, 1.807) is 20.8 Å². The first-order valence-corrected chi connectivity index (χ1v) is 5.88. The Morgan fingerprint density at radius 3 is 2.58 bits per heavy atom. The summed E-state index contributed by atoms with van der Waals surface area (Å²) < 4.78 is 5.13. The van der Waals surface area contributed by atoms with Gasteiger partial charge in [-0.25, -0.2) is 9.78 Å². The molecule has 1 rings (SSSR count). The molecule has 6 heteroatoms. The van der Waals surface area contributed by atoms with Crippen LogP contribution in [0.1, 0.15) is 38.2 Å². The zero-order valence-electron chi connectivity index (χ0n) is 11.4. The normalized spacial score (nSPS) is 12.6. The van der Waals surface area contributed by atoms with E-state index in [-0.39, 0.29) is 11.4 Å². The average Bonchev–Trinajstić information content (AvgIpc) is 2.27. The highest BCUT2D eigenvalue weighted by atomic mass is 16.6. The number of rotatable bonds is 3. The maximum Gasteiger partial charge on any atom is 0.328 e. The Morgan fingerprint density at radius 2 is 2.05 bits per heavy atom. The van der Waals surface area contributed by atoms with Crippen molar-refractivity contribution in [3.8, 4) is 5.75 Å². The van der Waals surface area contributed by atoms with Gasteiger partial charge >= 0.3 is 5.97 Å². The van der Waals surface area contributed by atoms with Crippen molar-refractivity contribution in [3.63, 3.8) is 0 Å². The minimum atomic E-state index is -0.826. The standard InChI is InChI=1S/C13H18N2O4/c1-8(12(18)19-13(2,3)4)15-11(17)10-9(16)6-5-7-14-10/h5-8,16H,1-4H3,(H,15,17)/t8-/m1/s1. The fourth-order valence-corrected chi connectivity index (χ4v) is 1.29. The largest absolute Gasteiger partial charge is 0.505 e. The second-order valence-corrected chi connectivity index (χ2v) is 5.10. The van der Waals surface area contributed by atoms with Gasteiger partial charge in [0.1, 0.15) is 17.4 Å². The van der Waals surface area contributed by atoms with Gasteiger partial charge in [-0.2, -0.15) is 0 Å². The highest BCUT2D eigenvalue weighted by Crippen LogP contribution is 2.13. The molecule has 0 unspecified atom stereocenters. The summed E-state index contributed by atoms with van der Waals surface area (Å²) in [6.07, 6.45) is 1.38. The van der Waals surface area contributed by atoms with Crippen molar-refractivity contribution in [2.24, 2.45) is 0 Å². The number of hydrogen-bond donors (Lipinski definition) is 2. The van der Waals surface area contributed by atoms with Gasteiger partial charge in [0.2, 0.25) is 0 Å². The van der Waals surface area contributed by atoms with E-state index in [4.69, 9.17) is 4.74 Å². The monoisotopic (exact) mass is 266 g/mol. The maximum atomic E-state index is 11.8. The molecule has 1 heterocycles. The molecule has 1 aromatic rings. The predicted molar refractivity (Wildman–Crippen MR) is 68.7 cm³/mol. The molecule has 2 N–H and O–H groups in total. The molecule has 0 aromatic carbocycles. The Hall–Kier alpha value is -2.11. The number of nitrogens with one attached hydrogen (secondary N) is 1. The average molecular weight is 266 g/mol.